The van der Waals surface area contributed by atoms with Crippen molar-refractivity contribution in [3.8, 4) is 17.6 Å². The number of ether oxygens (including phenoxy) is 2. The molecule has 3 aromatic rings. The molecule has 1 saturated heterocycles. The summed E-state index contributed by atoms with van der Waals surface area (Å²) in [7, 11) is 1.52. The summed E-state index contributed by atoms with van der Waals surface area (Å²) >= 11 is 6.43. The third-order valence-corrected chi connectivity index (χ3v) is 6.20. The summed E-state index contributed by atoms with van der Waals surface area (Å²) in [6.07, 6.45) is 1.68. The van der Waals surface area contributed by atoms with Crippen LogP contribution in [0.3, 0.4) is 0 Å². The van der Waals surface area contributed by atoms with Gasteiger partial charge in [-0.05, 0) is 42.0 Å². The molecule has 1 aliphatic rings. The number of benzene rings is 3. The second kappa shape index (κ2) is 9.86. The SMILES string of the molecule is COc1cc(/C=C2/SC(=S)N(c3ccccc3F)C2=O)ccc1OCc1ccccc1C#N. The van der Waals surface area contributed by atoms with Gasteiger partial charge in [0, 0.05) is 5.56 Å². The topological polar surface area (TPSA) is 62.6 Å². The molecule has 0 radical (unpaired) electrons. The van der Waals surface area contributed by atoms with Crippen LogP contribution in [-0.4, -0.2) is 17.3 Å². The number of hydrogen-bond acceptors (Lipinski definition) is 6. The number of methoxy groups -OCH3 is 1. The molecule has 3 aromatic carbocycles. The van der Waals surface area contributed by atoms with E-state index >= 15 is 0 Å². The number of carbonyl (C=O) groups excluding carboxylic acids is 1. The van der Waals surface area contributed by atoms with Crippen LogP contribution in [0.4, 0.5) is 10.1 Å². The lowest BCUT2D eigenvalue weighted by Crippen LogP contribution is -2.28. The Kier molecular flexibility index (Phi) is 6.73. The van der Waals surface area contributed by atoms with Crippen LogP contribution in [0.15, 0.2) is 71.6 Å². The minimum Gasteiger partial charge on any atom is -0.493 e. The maximum Gasteiger partial charge on any atom is 0.270 e. The average molecular weight is 477 g/mol. The number of rotatable bonds is 6. The minimum absolute atomic E-state index is 0.127. The fourth-order valence-corrected chi connectivity index (χ4v) is 4.55. The van der Waals surface area contributed by atoms with Crippen LogP contribution in [0.5, 0.6) is 11.5 Å². The number of nitriles is 1. The van der Waals surface area contributed by atoms with Crippen LogP contribution in [0.2, 0.25) is 0 Å². The first-order chi connectivity index (χ1) is 16.0. The highest BCUT2D eigenvalue weighted by molar-refractivity contribution is 8.27. The van der Waals surface area contributed by atoms with Gasteiger partial charge in [-0.3, -0.25) is 9.69 Å². The van der Waals surface area contributed by atoms with E-state index < -0.39 is 5.82 Å². The Morgan fingerprint density at radius 3 is 2.64 bits per heavy atom. The first-order valence-corrected chi connectivity index (χ1v) is 11.1. The summed E-state index contributed by atoms with van der Waals surface area (Å²) in [4.78, 5) is 14.5. The number of amides is 1. The van der Waals surface area contributed by atoms with Gasteiger partial charge in [-0.15, -0.1) is 0 Å². The molecule has 1 amide bonds. The number of thioether (sulfide) groups is 1. The first-order valence-electron chi connectivity index (χ1n) is 9.83. The third-order valence-electron chi connectivity index (χ3n) is 4.89. The molecule has 1 heterocycles. The number of hydrogen-bond donors (Lipinski definition) is 0. The van der Waals surface area contributed by atoms with Gasteiger partial charge in [-0.2, -0.15) is 5.26 Å². The zero-order chi connectivity index (χ0) is 23.4. The molecule has 0 bridgehead atoms. The summed E-state index contributed by atoms with van der Waals surface area (Å²) in [5.74, 6) is 0.0720. The van der Waals surface area contributed by atoms with Crippen LogP contribution in [0, 0.1) is 17.1 Å². The second-order valence-electron chi connectivity index (χ2n) is 6.94. The molecule has 1 fully saturated rings. The Balaban J connectivity index is 1.55. The molecular formula is C25H17FN2O3S2. The minimum atomic E-state index is -0.517. The van der Waals surface area contributed by atoms with E-state index in [0.717, 1.165) is 17.3 Å². The van der Waals surface area contributed by atoms with Crippen molar-refractivity contribution in [2.75, 3.05) is 12.0 Å². The lowest BCUT2D eigenvalue weighted by molar-refractivity contribution is -0.113. The molecule has 0 aliphatic carbocycles. The number of halogens is 1. The van der Waals surface area contributed by atoms with E-state index in [-0.39, 0.29) is 22.5 Å². The van der Waals surface area contributed by atoms with Crippen molar-refractivity contribution in [3.05, 3.63) is 94.1 Å². The van der Waals surface area contributed by atoms with Crippen molar-refractivity contribution in [2.45, 2.75) is 6.61 Å². The van der Waals surface area contributed by atoms with Gasteiger partial charge in [0.25, 0.3) is 5.91 Å². The Morgan fingerprint density at radius 2 is 1.88 bits per heavy atom. The Hall–Kier alpha value is -3.67. The number of thiocarbonyl (C=S) groups is 1. The lowest BCUT2D eigenvalue weighted by Gasteiger charge is -2.15. The van der Waals surface area contributed by atoms with Crippen LogP contribution in [0.1, 0.15) is 16.7 Å². The quantitative estimate of drug-likeness (QED) is 0.336. The molecular weight excluding hydrogens is 459 g/mol. The third kappa shape index (κ3) is 4.75. The van der Waals surface area contributed by atoms with E-state index in [0.29, 0.717) is 27.5 Å². The molecule has 1 aliphatic heterocycles. The summed E-state index contributed by atoms with van der Waals surface area (Å²) in [5, 5.41) is 9.24. The standard InChI is InChI=1S/C25H17FN2O3S2/c1-30-22-12-16(10-11-21(22)31-15-18-7-3-2-6-17(18)14-27)13-23-24(29)28(25(32)33-23)20-9-5-4-8-19(20)26/h2-13H,15H2,1H3/b23-13+. The predicted octanol–water partition coefficient (Wildman–Crippen LogP) is 5.69. The summed E-state index contributed by atoms with van der Waals surface area (Å²) in [5.41, 5.74) is 2.14. The maximum atomic E-state index is 14.2. The van der Waals surface area contributed by atoms with E-state index in [4.69, 9.17) is 21.7 Å². The van der Waals surface area contributed by atoms with Crippen molar-refractivity contribution < 1.29 is 18.7 Å². The normalized spacial score (nSPS) is 14.5. The number of para-hydroxylation sites is 1. The van der Waals surface area contributed by atoms with Crippen molar-refractivity contribution in [2.24, 2.45) is 0 Å². The number of anilines is 1. The van der Waals surface area contributed by atoms with Gasteiger partial charge in [0.05, 0.1) is 29.3 Å². The van der Waals surface area contributed by atoms with Crippen molar-refractivity contribution in [1.82, 2.24) is 0 Å². The van der Waals surface area contributed by atoms with Gasteiger partial charge in [0.2, 0.25) is 0 Å². The van der Waals surface area contributed by atoms with E-state index in [1.165, 1.54) is 24.1 Å². The largest absolute Gasteiger partial charge is 0.493 e. The van der Waals surface area contributed by atoms with E-state index in [2.05, 4.69) is 6.07 Å². The van der Waals surface area contributed by atoms with Crippen molar-refractivity contribution >= 4 is 46.0 Å². The molecule has 0 aromatic heterocycles. The van der Waals surface area contributed by atoms with Crippen LogP contribution < -0.4 is 14.4 Å². The lowest BCUT2D eigenvalue weighted by atomic mass is 10.1. The molecule has 0 unspecified atom stereocenters. The summed E-state index contributed by atoms with van der Waals surface area (Å²) in [6.45, 7) is 0.209. The molecule has 8 heteroatoms. The van der Waals surface area contributed by atoms with E-state index in [1.807, 2.05) is 12.1 Å². The number of nitrogens with zero attached hydrogens (tertiary/aromatic N) is 2. The average Bonchev–Trinajstić information content (AvgIpc) is 3.11. The molecule has 0 saturated carbocycles. The smallest absolute Gasteiger partial charge is 0.270 e. The Morgan fingerprint density at radius 1 is 1.12 bits per heavy atom. The highest BCUT2D eigenvalue weighted by Gasteiger charge is 2.34. The fraction of sp³-hybridized carbons (Fsp3) is 0.0800. The molecule has 0 spiro atoms. The first kappa shape index (κ1) is 22.5. The Bertz CT molecular complexity index is 1320. The maximum absolute atomic E-state index is 14.2. The molecule has 5 nitrogen and oxygen atoms in total. The highest BCUT2D eigenvalue weighted by atomic mass is 32.2. The van der Waals surface area contributed by atoms with Crippen LogP contribution in [0.25, 0.3) is 6.08 Å². The number of carbonyl (C=O) groups is 1. The highest BCUT2D eigenvalue weighted by Crippen LogP contribution is 2.38. The Labute approximate surface area is 200 Å². The van der Waals surface area contributed by atoms with Crippen molar-refractivity contribution in [3.63, 3.8) is 0 Å². The summed E-state index contributed by atoms with van der Waals surface area (Å²) < 4.78 is 25.8. The van der Waals surface area contributed by atoms with Gasteiger partial charge in [-0.1, -0.05) is 60.4 Å². The molecule has 164 valence electrons. The van der Waals surface area contributed by atoms with Crippen molar-refractivity contribution in [1.29, 1.82) is 5.26 Å². The van der Waals surface area contributed by atoms with Gasteiger partial charge in [0.1, 0.15) is 12.4 Å². The van der Waals surface area contributed by atoms with Gasteiger partial charge in [-0.25, -0.2) is 4.39 Å². The monoisotopic (exact) mass is 476 g/mol. The summed E-state index contributed by atoms with van der Waals surface area (Å²) in [6, 6.07) is 20.6. The second-order valence-corrected chi connectivity index (χ2v) is 8.61. The molecule has 4 rings (SSSR count). The van der Waals surface area contributed by atoms with Gasteiger partial charge >= 0.3 is 0 Å². The molecule has 33 heavy (non-hydrogen) atoms. The molecule has 0 atom stereocenters. The van der Waals surface area contributed by atoms with E-state index in [9.17, 15) is 14.4 Å². The van der Waals surface area contributed by atoms with E-state index in [1.54, 1.807) is 48.5 Å². The fourth-order valence-electron chi connectivity index (χ4n) is 3.26. The van der Waals surface area contributed by atoms with Crippen LogP contribution >= 0.6 is 24.0 Å². The zero-order valence-electron chi connectivity index (χ0n) is 17.4. The zero-order valence-corrected chi connectivity index (χ0v) is 19.1. The van der Waals surface area contributed by atoms with Gasteiger partial charge < -0.3 is 9.47 Å². The van der Waals surface area contributed by atoms with Gasteiger partial charge in [0.15, 0.2) is 15.8 Å². The predicted molar refractivity (Wildman–Crippen MR) is 131 cm³/mol. The molecule has 0 N–H and O–H groups in total. The van der Waals surface area contributed by atoms with Crippen LogP contribution in [-0.2, 0) is 11.4 Å².